The molecule has 0 spiro atoms. The van der Waals surface area contributed by atoms with Crippen molar-refractivity contribution in [3.05, 3.63) is 29.6 Å². The van der Waals surface area contributed by atoms with E-state index in [0.717, 1.165) is 30.9 Å². The van der Waals surface area contributed by atoms with Crippen LogP contribution in [-0.2, 0) is 17.8 Å². The average Bonchev–Trinajstić information content (AvgIpc) is 3.21. The second-order valence-electron chi connectivity index (χ2n) is 10.1. The van der Waals surface area contributed by atoms with Crippen LogP contribution in [-0.4, -0.2) is 32.9 Å². The number of rotatable bonds is 8. The number of benzene rings is 1. The number of amides is 1. The monoisotopic (exact) mass is 437 g/mol. The molecule has 1 heterocycles. The molecule has 4 rings (SSSR count). The van der Waals surface area contributed by atoms with Gasteiger partial charge in [0.25, 0.3) is 0 Å². The van der Waals surface area contributed by atoms with Gasteiger partial charge in [-0.15, -0.1) is 0 Å². The van der Waals surface area contributed by atoms with Crippen LogP contribution in [0.4, 0.5) is 0 Å². The number of carbonyl (C=O) groups is 1. The van der Waals surface area contributed by atoms with Gasteiger partial charge < -0.3 is 9.47 Å². The predicted molar refractivity (Wildman–Crippen MR) is 133 cm³/mol. The van der Waals surface area contributed by atoms with E-state index in [1.165, 1.54) is 81.1 Å². The Morgan fingerprint density at radius 2 is 1.78 bits per heavy atom. The molecule has 2 fully saturated rings. The largest absolute Gasteiger partial charge is 0.340 e. The van der Waals surface area contributed by atoms with E-state index in [2.05, 4.69) is 48.4 Å². The van der Waals surface area contributed by atoms with Crippen molar-refractivity contribution in [1.82, 2.24) is 14.5 Å². The third kappa shape index (κ3) is 5.05. The zero-order valence-electron chi connectivity index (χ0n) is 20.6. The first-order valence-corrected chi connectivity index (χ1v) is 13.4. The molecular weight excluding hydrogens is 394 g/mol. The van der Waals surface area contributed by atoms with E-state index in [-0.39, 0.29) is 0 Å². The standard InChI is InChI=1S/C28H43N3O/c1-4-21-12-15-23(16-13-21)28-29-25-20-22(5-2)14-17-26(25)31(28)19-18-27(32)30(6-3)24-10-8-7-9-11-24/h14,17,20-21,23-24H,4-13,15-16,18-19H2,1-3H3/t21-,23-. The second-order valence-corrected chi connectivity index (χ2v) is 10.1. The summed E-state index contributed by atoms with van der Waals surface area (Å²) in [6, 6.07) is 7.19. The van der Waals surface area contributed by atoms with Crippen LogP contribution in [0.5, 0.6) is 0 Å². The van der Waals surface area contributed by atoms with Gasteiger partial charge in [-0.3, -0.25) is 4.79 Å². The van der Waals surface area contributed by atoms with Crippen LogP contribution in [0.25, 0.3) is 11.0 Å². The van der Waals surface area contributed by atoms with Crippen molar-refractivity contribution in [2.75, 3.05) is 6.54 Å². The summed E-state index contributed by atoms with van der Waals surface area (Å²) in [4.78, 5) is 20.6. The minimum atomic E-state index is 0.326. The number of aryl methyl sites for hydroxylation is 2. The summed E-state index contributed by atoms with van der Waals surface area (Å²) in [5.74, 6) is 2.97. The van der Waals surface area contributed by atoms with Crippen molar-refractivity contribution >= 4 is 16.9 Å². The molecule has 2 aromatic rings. The molecule has 176 valence electrons. The first-order valence-electron chi connectivity index (χ1n) is 13.4. The molecule has 0 saturated heterocycles. The molecule has 0 bridgehead atoms. The zero-order chi connectivity index (χ0) is 22.5. The van der Waals surface area contributed by atoms with Gasteiger partial charge in [0.15, 0.2) is 0 Å². The Labute approximate surface area is 194 Å². The molecule has 2 saturated carbocycles. The fourth-order valence-corrected chi connectivity index (χ4v) is 6.17. The predicted octanol–water partition coefficient (Wildman–Crippen LogP) is 6.85. The molecule has 1 aromatic carbocycles. The molecule has 0 unspecified atom stereocenters. The lowest BCUT2D eigenvalue weighted by molar-refractivity contribution is -0.134. The van der Waals surface area contributed by atoms with Crippen molar-refractivity contribution in [3.8, 4) is 0 Å². The van der Waals surface area contributed by atoms with Gasteiger partial charge in [0, 0.05) is 31.5 Å². The van der Waals surface area contributed by atoms with E-state index < -0.39 is 0 Å². The number of hydrogen-bond acceptors (Lipinski definition) is 2. The van der Waals surface area contributed by atoms with Crippen molar-refractivity contribution in [1.29, 1.82) is 0 Å². The van der Waals surface area contributed by atoms with E-state index in [1.54, 1.807) is 0 Å². The van der Waals surface area contributed by atoms with Crippen molar-refractivity contribution in [2.45, 2.75) is 116 Å². The zero-order valence-corrected chi connectivity index (χ0v) is 20.6. The topological polar surface area (TPSA) is 38.1 Å². The summed E-state index contributed by atoms with van der Waals surface area (Å²) in [5, 5.41) is 0. The number of imidazole rings is 1. The van der Waals surface area contributed by atoms with Crippen molar-refractivity contribution < 1.29 is 4.79 Å². The maximum atomic E-state index is 13.3. The molecule has 2 aliphatic rings. The first-order chi connectivity index (χ1) is 15.6. The Balaban J connectivity index is 1.55. The highest BCUT2D eigenvalue weighted by Crippen LogP contribution is 2.38. The Kier molecular flexibility index (Phi) is 7.91. The molecule has 1 aromatic heterocycles. The summed E-state index contributed by atoms with van der Waals surface area (Å²) in [5.41, 5.74) is 3.67. The Bertz CT molecular complexity index is 887. The van der Waals surface area contributed by atoms with Crippen LogP contribution in [0.3, 0.4) is 0 Å². The van der Waals surface area contributed by atoms with Crippen LogP contribution < -0.4 is 0 Å². The quantitative estimate of drug-likeness (QED) is 0.453. The molecule has 4 heteroatoms. The fourth-order valence-electron chi connectivity index (χ4n) is 6.17. The highest BCUT2D eigenvalue weighted by atomic mass is 16.2. The highest BCUT2D eigenvalue weighted by molar-refractivity contribution is 5.79. The normalized spacial score (nSPS) is 22.3. The van der Waals surface area contributed by atoms with Gasteiger partial charge in [-0.25, -0.2) is 4.98 Å². The summed E-state index contributed by atoms with van der Waals surface area (Å²) in [7, 11) is 0. The van der Waals surface area contributed by atoms with E-state index >= 15 is 0 Å². The number of carbonyl (C=O) groups excluding carboxylic acids is 1. The van der Waals surface area contributed by atoms with Gasteiger partial charge in [0.05, 0.1) is 11.0 Å². The Morgan fingerprint density at radius 1 is 1.03 bits per heavy atom. The van der Waals surface area contributed by atoms with Gasteiger partial charge in [0.2, 0.25) is 5.91 Å². The lowest BCUT2D eigenvalue weighted by Crippen LogP contribution is -2.41. The van der Waals surface area contributed by atoms with Gasteiger partial charge in [-0.1, -0.05) is 45.6 Å². The third-order valence-corrected chi connectivity index (χ3v) is 8.27. The fraction of sp³-hybridized carbons (Fsp3) is 0.714. The third-order valence-electron chi connectivity index (χ3n) is 8.27. The first kappa shape index (κ1) is 23.3. The maximum Gasteiger partial charge on any atom is 0.224 e. The molecule has 32 heavy (non-hydrogen) atoms. The number of hydrogen-bond donors (Lipinski definition) is 0. The van der Waals surface area contributed by atoms with E-state index in [4.69, 9.17) is 4.98 Å². The summed E-state index contributed by atoms with van der Waals surface area (Å²) < 4.78 is 2.40. The van der Waals surface area contributed by atoms with E-state index in [1.807, 2.05) is 0 Å². The minimum Gasteiger partial charge on any atom is -0.340 e. The van der Waals surface area contributed by atoms with Gasteiger partial charge >= 0.3 is 0 Å². The molecule has 0 aliphatic heterocycles. The average molecular weight is 438 g/mol. The van der Waals surface area contributed by atoms with Crippen LogP contribution in [0.1, 0.15) is 109 Å². The number of aromatic nitrogens is 2. The maximum absolute atomic E-state index is 13.3. The molecular formula is C28H43N3O. The van der Waals surface area contributed by atoms with Crippen LogP contribution in [0.2, 0.25) is 0 Å². The smallest absolute Gasteiger partial charge is 0.224 e. The number of fused-ring (bicyclic) bond motifs is 1. The SMILES string of the molecule is CCc1ccc2c(c1)nc([C@H]1CC[C@H](CC)CC1)n2CCC(=O)N(CC)C1CCCCC1. The van der Waals surface area contributed by atoms with Crippen LogP contribution in [0, 0.1) is 5.92 Å². The second kappa shape index (κ2) is 10.9. The summed E-state index contributed by atoms with van der Waals surface area (Å²) >= 11 is 0. The van der Waals surface area contributed by atoms with Crippen LogP contribution in [0.15, 0.2) is 18.2 Å². The van der Waals surface area contributed by atoms with Crippen LogP contribution >= 0.6 is 0 Å². The lowest BCUT2D eigenvalue weighted by Gasteiger charge is -2.34. The lowest BCUT2D eigenvalue weighted by atomic mass is 9.80. The molecule has 1 amide bonds. The Morgan fingerprint density at radius 3 is 2.44 bits per heavy atom. The summed E-state index contributed by atoms with van der Waals surface area (Å²) in [6.45, 7) is 8.26. The van der Waals surface area contributed by atoms with E-state index in [9.17, 15) is 4.79 Å². The van der Waals surface area contributed by atoms with E-state index in [0.29, 0.717) is 24.3 Å². The minimum absolute atomic E-state index is 0.326. The van der Waals surface area contributed by atoms with Crippen molar-refractivity contribution in [2.24, 2.45) is 5.92 Å². The van der Waals surface area contributed by atoms with Gasteiger partial charge in [-0.2, -0.15) is 0 Å². The van der Waals surface area contributed by atoms with Crippen molar-refractivity contribution in [3.63, 3.8) is 0 Å². The molecule has 0 radical (unpaired) electrons. The Hall–Kier alpha value is -1.84. The molecule has 0 atom stereocenters. The molecule has 4 nitrogen and oxygen atoms in total. The molecule has 0 N–H and O–H groups in total. The van der Waals surface area contributed by atoms with Gasteiger partial charge in [0.1, 0.15) is 5.82 Å². The summed E-state index contributed by atoms with van der Waals surface area (Å²) in [6.07, 6.45) is 14.2. The number of nitrogens with zero attached hydrogens (tertiary/aromatic N) is 3. The highest BCUT2D eigenvalue weighted by Gasteiger charge is 2.28. The molecule has 2 aliphatic carbocycles. The van der Waals surface area contributed by atoms with Gasteiger partial charge in [-0.05, 0) is 75.5 Å².